The Kier molecular flexibility index (Phi) is 5.46. The van der Waals surface area contributed by atoms with E-state index in [9.17, 15) is 24.5 Å². The number of ether oxygens (including phenoxy) is 1. The molecule has 28 heavy (non-hydrogen) atoms. The minimum atomic E-state index is -0.562. The summed E-state index contributed by atoms with van der Waals surface area (Å²) in [7, 11) is 1.54. The largest absolute Gasteiger partial charge is 0.385 e. The van der Waals surface area contributed by atoms with Gasteiger partial charge >= 0.3 is 0 Å². The smallest absolute Gasteiger partial charge is 0.271 e. The first-order valence-electron chi connectivity index (χ1n) is 8.47. The van der Waals surface area contributed by atoms with Crippen molar-refractivity contribution in [2.24, 2.45) is 0 Å². The summed E-state index contributed by atoms with van der Waals surface area (Å²) in [5.74, 6) is -1.40. The topological polar surface area (TPSA) is 119 Å². The van der Waals surface area contributed by atoms with E-state index in [1.807, 2.05) is 0 Å². The third-order valence-electron chi connectivity index (χ3n) is 4.28. The highest BCUT2D eigenvalue weighted by atomic mass is 16.6. The fourth-order valence-corrected chi connectivity index (χ4v) is 2.90. The fourth-order valence-electron chi connectivity index (χ4n) is 2.90. The first-order chi connectivity index (χ1) is 13.4. The van der Waals surface area contributed by atoms with E-state index in [2.05, 4.69) is 5.32 Å². The van der Waals surface area contributed by atoms with E-state index in [1.54, 1.807) is 0 Å². The Morgan fingerprint density at radius 3 is 2.61 bits per heavy atom. The summed E-state index contributed by atoms with van der Waals surface area (Å²) in [6.45, 7) is 0.652. The van der Waals surface area contributed by atoms with Crippen molar-refractivity contribution in [3.8, 4) is 0 Å². The van der Waals surface area contributed by atoms with Gasteiger partial charge in [-0.25, -0.2) is 0 Å². The molecule has 3 rings (SSSR count). The number of hydrogen-bond donors (Lipinski definition) is 1. The van der Waals surface area contributed by atoms with Gasteiger partial charge in [0.15, 0.2) is 0 Å². The number of nitrogens with one attached hydrogen (secondary N) is 1. The number of carbonyl (C=O) groups is 3. The fraction of sp³-hybridized carbons (Fsp3) is 0.211. The first kappa shape index (κ1) is 19.2. The van der Waals surface area contributed by atoms with Crippen LogP contribution in [0.5, 0.6) is 0 Å². The number of nitro groups is 1. The zero-order chi connectivity index (χ0) is 20.3. The Hall–Kier alpha value is -3.59. The molecule has 0 aromatic heterocycles. The molecule has 0 bridgehead atoms. The predicted molar refractivity (Wildman–Crippen MR) is 99.4 cm³/mol. The summed E-state index contributed by atoms with van der Waals surface area (Å²) in [5.41, 5.74) is 0.677. The summed E-state index contributed by atoms with van der Waals surface area (Å²) in [6.07, 6.45) is 0.516. The van der Waals surface area contributed by atoms with Crippen LogP contribution in [0.4, 0.5) is 11.4 Å². The highest BCUT2D eigenvalue weighted by molar-refractivity contribution is 6.22. The third kappa shape index (κ3) is 3.74. The number of nitro benzene ring substituents is 1. The molecule has 1 heterocycles. The molecule has 2 aromatic carbocycles. The van der Waals surface area contributed by atoms with Crippen molar-refractivity contribution in [1.29, 1.82) is 0 Å². The lowest BCUT2D eigenvalue weighted by molar-refractivity contribution is -0.384. The predicted octanol–water partition coefficient (Wildman–Crippen LogP) is 2.48. The van der Waals surface area contributed by atoms with E-state index in [4.69, 9.17) is 4.74 Å². The first-order valence-corrected chi connectivity index (χ1v) is 8.47. The maximum atomic E-state index is 12.5. The number of non-ortho nitro benzene ring substituents is 1. The van der Waals surface area contributed by atoms with Crippen LogP contribution in [0.25, 0.3) is 0 Å². The van der Waals surface area contributed by atoms with Crippen molar-refractivity contribution < 1.29 is 24.0 Å². The molecule has 0 unspecified atom stereocenters. The molecule has 1 aliphatic heterocycles. The molecule has 3 amide bonds. The number of imide groups is 1. The van der Waals surface area contributed by atoms with Gasteiger partial charge in [0.25, 0.3) is 23.4 Å². The Bertz CT molecular complexity index is 972. The number of anilines is 1. The Labute approximate surface area is 160 Å². The van der Waals surface area contributed by atoms with Gasteiger partial charge in [0.05, 0.1) is 16.1 Å². The van der Waals surface area contributed by atoms with Crippen molar-refractivity contribution >= 4 is 29.1 Å². The summed E-state index contributed by atoms with van der Waals surface area (Å²) in [6, 6.07) is 9.76. The maximum Gasteiger partial charge on any atom is 0.271 e. The van der Waals surface area contributed by atoms with Gasteiger partial charge in [-0.1, -0.05) is 6.07 Å². The number of rotatable bonds is 7. The molecule has 0 spiro atoms. The molecule has 0 atom stereocenters. The van der Waals surface area contributed by atoms with E-state index in [1.165, 1.54) is 49.6 Å². The Morgan fingerprint density at radius 2 is 1.89 bits per heavy atom. The van der Waals surface area contributed by atoms with Gasteiger partial charge in [0, 0.05) is 43.6 Å². The molecule has 9 nitrogen and oxygen atoms in total. The van der Waals surface area contributed by atoms with Crippen LogP contribution >= 0.6 is 0 Å². The summed E-state index contributed by atoms with van der Waals surface area (Å²) >= 11 is 0. The van der Waals surface area contributed by atoms with Crippen LogP contribution in [0, 0.1) is 10.1 Å². The zero-order valence-electron chi connectivity index (χ0n) is 15.0. The van der Waals surface area contributed by atoms with Crippen LogP contribution in [0.3, 0.4) is 0 Å². The van der Waals surface area contributed by atoms with Crippen molar-refractivity contribution in [1.82, 2.24) is 4.90 Å². The van der Waals surface area contributed by atoms with Gasteiger partial charge in [0.1, 0.15) is 0 Å². The molecule has 144 valence electrons. The molecular formula is C19H17N3O6. The van der Waals surface area contributed by atoms with E-state index in [-0.39, 0.29) is 34.6 Å². The quantitative estimate of drug-likeness (QED) is 0.340. The highest BCUT2D eigenvalue weighted by Crippen LogP contribution is 2.25. The van der Waals surface area contributed by atoms with E-state index in [0.29, 0.717) is 13.0 Å². The Balaban J connectivity index is 1.78. The standard InChI is InChI=1S/C19H17N3O6/c1-28-9-3-8-21-18(24)15-7-6-12(10-16(15)19(21)25)17(23)20-13-4-2-5-14(11-13)22(26)27/h2,4-7,10-11H,3,8-9H2,1H3,(H,20,23). The molecule has 0 fully saturated rings. The number of amides is 3. The molecule has 0 radical (unpaired) electrons. The van der Waals surface area contributed by atoms with E-state index < -0.39 is 22.6 Å². The van der Waals surface area contributed by atoms with Gasteiger partial charge in [-0.15, -0.1) is 0 Å². The lowest BCUT2D eigenvalue weighted by atomic mass is 10.1. The molecule has 9 heteroatoms. The molecule has 0 saturated heterocycles. The normalized spacial score (nSPS) is 12.8. The summed E-state index contributed by atoms with van der Waals surface area (Å²) in [4.78, 5) is 48.8. The maximum absolute atomic E-state index is 12.5. The molecule has 1 N–H and O–H groups in total. The second-order valence-corrected chi connectivity index (χ2v) is 6.13. The molecule has 0 saturated carbocycles. The zero-order valence-corrected chi connectivity index (χ0v) is 15.0. The molecule has 1 aliphatic rings. The Morgan fingerprint density at radius 1 is 1.14 bits per heavy atom. The molecule has 0 aliphatic carbocycles. The minimum absolute atomic E-state index is 0.153. The van der Waals surface area contributed by atoms with Crippen LogP contribution in [-0.2, 0) is 4.74 Å². The van der Waals surface area contributed by atoms with Gasteiger partial charge in [-0.3, -0.25) is 29.4 Å². The van der Waals surface area contributed by atoms with Crippen molar-refractivity contribution in [3.05, 3.63) is 69.3 Å². The van der Waals surface area contributed by atoms with Gasteiger partial charge < -0.3 is 10.1 Å². The summed E-state index contributed by atoms with van der Waals surface area (Å²) in [5, 5.41) is 13.4. The van der Waals surface area contributed by atoms with Crippen LogP contribution in [0.1, 0.15) is 37.5 Å². The van der Waals surface area contributed by atoms with Gasteiger partial charge in [-0.05, 0) is 30.7 Å². The lowest BCUT2D eigenvalue weighted by Crippen LogP contribution is -2.31. The van der Waals surface area contributed by atoms with Crippen molar-refractivity contribution in [2.45, 2.75) is 6.42 Å². The number of nitrogens with zero attached hydrogens (tertiary/aromatic N) is 2. The van der Waals surface area contributed by atoms with Gasteiger partial charge in [0.2, 0.25) is 0 Å². The number of benzene rings is 2. The third-order valence-corrected chi connectivity index (χ3v) is 4.28. The van der Waals surface area contributed by atoms with E-state index >= 15 is 0 Å². The van der Waals surface area contributed by atoms with Crippen molar-refractivity contribution in [3.63, 3.8) is 0 Å². The SMILES string of the molecule is COCCCN1C(=O)c2ccc(C(=O)Nc3cccc([N+](=O)[O-])c3)cc2C1=O. The number of hydrogen-bond acceptors (Lipinski definition) is 6. The van der Waals surface area contributed by atoms with E-state index in [0.717, 1.165) is 4.90 Å². The van der Waals surface area contributed by atoms with Gasteiger partial charge in [-0.2, -0.15) is 0 Å². The number of methoxy groups -OCH3 is 1. The second kappa shape index (κ2) is 7.97. The molecular weight excluding hydrogens is 366 g/mol. The van der Waals surface area contributed by atoms with Crippen LogP contribution in [0.15, 0.2) is 42.5 Å². The van der Waals surface area contributed by atoms with Crippen LogP contribution in [0.2, 0.25) is 0 Å². The number of fused-ring (bicyclic) bond motifs is 1. The second-order valence-electron chi connectivity index (χ2n) is 6.13. The highest BCUT2D eigenvalue weighted by Gasteiger charge is 2.35. The summed E-state index contributed by atoms with van der Waals surface area (Å²) < 4.78 is 4.94. The van der Waals surface area contributed by atoms with Crippen molar-refractivity contribution in [2.75, 3.05) is 25.6 Å². The monoisotopic (exact) mass is 383 g/mol. The van der Waals surface area contributed by atoms with Crippen LogP contribution in [-0.4, -0.2) is 47.8 Å². The minimum Gasteiger partial charge on any atom is -0.385 e. The van der Waals surface area contributed by atoms with Crippen LogP contribution < -0.4 is 5.32 Å². The average molecular weight is 383 g/mol. The average Bonchev–Trinajstić information content (AvgIpc) is 2.92. The molecule has 2 aromatic rings. The number of carbonyl (C=O) groups excluding carboxylic acids is 3. The lowest BCUT2D eigenvalue weighted by Gasteiger charge is -2.12.